The van der Waals surface area contributed by atoms with Crippen molar-refractivity contribution in [3.05, 3.63) is 45.5 Å². The third-order valence-electron chi connectivity index (χ3n) is 6.51. The van der Waals surface area contributed by atoms with Crippen LogP contribution in [0.4, 0.5) is 0 Å². The fraction of sp³-hybridized carbons (Fsp3) is 0.619. The van der Waals surface area contributed by atoms with Crippen LogP contribution in [0, 0.1) is 5.92 Å². The van der Waals surface area contributed by atoms with Crippen LogP contribution in [-0.2, 0) is 6.54 Å². The zero-order valence-electron chi connectivity index (χ0n) is 16.9. The highest BCUT2D eigenvalue weighted by Gasteiger charge is 2.37. The molecule has 2 aromatic rings. The molecule has 5 rings (SSSR count). The van der Waals surface area contributed by atoms with Crippen molar-refractivity contribution in [1.82, 2.24) is 24.9 Å². The predicted molar refractivity (Wildman–Crippen MR) is 106 cm³/mol. The number of amides is 1. The quantitative estimate of drug-likeness (QED) is 0.852. The number of fused-ring (bicyclic) bond motifs is 4. The lowest BCUT2D eigenvalue weighted by Gasteiger charge is -2.37. The van der Waals surface area contributed by atoms with E-state index in [1.54, 1.807) is 11.0 Å². The van der Waals surface area contributed by atoms with Crippen LogP contribution in [0.3, 0.4) is 0 Å². The summed E-state index contributed by atoms with van der Waals surface area (Å²) in [6.45, 7) is 7.12. The van der Waals surface area contributed by atoms with E-state index in [-0.39, 0.29) is 29.0 Å². The van der Waals surface area contributed by atoms with Crippen LogP contribution in [0.15, 0.2) is 21.5 Å². The molecule has 154 valence electrons. The first kappa shape index (κ1) is 18.5. The highest BCUT2D eigenvalue weighted by Crippen LogP contribution is 2.34. The van der Waals surface area contributed by atoms with Gasteiger partial charge in [0.2, 0.25) is 5.89 Å². The van der Waals surface area contributed by atoms with Gasteiger partial charge in [-0.05, 0) is 43.9 Å². The summed E-state index contributed by atoms with van der Waals surface area (Å²) in [5.74, 6) is 1.86. The number of nitrogens with zero attached hydrogens (tertiary/aromatic N) is 4. The smallest absolute Gasteiger partial charge is 0.263 e. The van der Waals surface area contributed by atoms with Crippen molar-refractivity contribution in [1.29, 1.82) is 0 Å². The van der Waals surface area contributed by atoms with Crippen LogP contribution in [0.25, 0.3) is 0 Å². The molecule has 5 heterocycles. The fourth-order valence-electron chi connectivity index (χ4n) is 4.99. The highest BCUT2D eigenvalue weighted by atomic mass is 16.5. The number of hydrogen-bond donors (Lipinski definition) is 1. The van der Waals surface area contributed by atoms with E-state index in [1.165, 1.54) is 0 Å². The molecule has 3 aliphatic heterocycles. The molecule has 0 aliphatic carbocycles. The van der Waals surface area contributed by atoms with Gasteiger partial charge in [0.05, 0.1) is 0 Å². The van der Waals surface area contributed by atoms with Gasteiger partial charge in [-0.2, -0.15) is 4.98 Å². The summed E-state index contributed by atoms with van der Waals surface area (Å²) in [5, 5.41) is 7.49. The molecule has 2 bridgehead atoms. The lowest BCUT2D eigenvalue weighted by molar-refractivity contribution is 0.0706. The van der Waals surface area contributed by atoms with Gasteiger partial charge in [-0.25, -0.2) is 0 Å². The lowest BCUT2D eigenvalue weighted by atomic mass is 9.84. The maximum Gasteiger partial charge on any atom is 0.263 e. The molecule has 8 heteroatoms. The molecule has 0 spiro atoms. The second-order valence-electron chi connectivity index (χ2n) is 8.85. The van der Waals surface area contributed by atoms with Gasteiger partial charge < -0.3 is 19.3 Å². The minimum absolute atomic E-state index is 0.164. The average Bonchev–Trinajstić information content (AvgIpc) is 3.38. The molecule has 29 heavy (non-hydrogen) atoms. The van der Waals surface area contributed by atoms with Gasteiger partial charge >= 0.3 is 0 Å². The van der Waals surface area contributed by atoms with Crippen molar-refractivity contribution < 1.29 is 9.32 Å². The second-order valence-corrected chi connectivity index (χ2v) is 8.85. The number of piperidine rings is 1. The third kappa shape index (κ3) is 3.10. The normalized spacial score (nSPS) is 26.0. The zero-order valence-corrected chi connectivity index (χ0v) is 16.9. The average molecular weight is 397 g/mol. The summed E-state index contributed by atoms with van der Waals surface area (Å²) in [4.78, 5) is 32.8. The van der Waals surface area contributed by atoms with Crippen LogP contribution < -0.4 is 10.9 Å². The molecule has 1 N–H and O–H groups in total. The molecule has 2 aromatic heterocycles. The standard InChI is InChI=1S/C21H27N5O3/c1-12(2)18-23-19(29-24-18)17-4-3-7-25(17)20(27)15-5-6-16-14-8-13(9-22-10-14)11-26(16)21(15)28/h5-6,12-14,17,22H,3-4,7-11H2,1-2H3/t13-,14+,17-/m0/s1. The molecular weight excluding hydrogens is 370 g/mol. The van der Waals surface area contributed by atoms with E-state index < -0.39 is 0 Å². The number of hydrogen-bond acceptors (Lipinski definition) is 6. The van der Waals surface area contributed by atoms with E-state index in [1.807, 2.05) is 24.5 Å². The molecule has 8 nitrogen and oxygen atoms in total. The van der Waals surface area contributed by atoms with Crippen molar-refractivity contribution in [3.63, 3.8) is 0 Å². The van der Waals surface area contributed by atoms with Gasteiger partial charge in [0.15, 0.2) is 5.82 Å². The van der Waals surface area contributed by atoms with Gasteiger partial charge in [0, 0.05) is 37.2 Å². The van der Waals surface area contributed by atoms with Crippen LogP contribution >= 0.6 is 0 Å². The molecule has 1 amide bonds. The maximum atomic E-state index is 13.3. The Kier molecular flexibility index (Phi) is 4.53. The molecule has 3 atom stereocenters. The Morgan fingerprint density at radius 2 is 2.17 bits per heavy atom. The van der Waals surface area contributed by atoms with E-state index in [9.17, 15) is 9.59 Å². The van der Waals surface area contributed by atoms with E-state index in [4.69, 9.17) is 4.52 Å². The van der Waals surface area contributed by atoms with Crippen molar-refractivity contribution in [2.45, 2.75) is 57.5 Å². The maximum absolute atomic E-state index is 13.3. The van der Waals surface area contributed by atoms with Crippen molar-refractivity contribution in [2.75, 3.05) is 19.6 Å². The van der Waals surface area contributed by atoms with E-state index in [2.05, 4.69) is 15.5 Å². The largest absolute Gasteiger partial charge is 0.337 e. The monoisotopic (exact) mass is 397 g/mol. The number of carbonyl (C=O) groups is 1. The fourth-order valence-corrected chi connectivity index (χ4v) is 4.99. The summed E-state index contributed by atoms with van der Waals surface area (Å²) in [6, 6.07) is 3.43. The Balaban J connectivity index is 1.45. The van der Waals surface area contributed by atoms with Crippen molar-refractivity contribution in [3.8, 4) is 0 Å². The predicted octanol–water partition coefficient (Wildman–Crippen LogP) is 2.04. The number of nitrogens with one attached hydrogen (secondary N) is 1. The molecule has 0 saturated carbocycles. The molecule has 0 aromatic carbocycles. The second kappa shape index (κ2) is 7.09. The molecular formula is C21H27N5O3. The van der Waals surface area contributed by atoms with Gasteiger partial charge in [-0.1, -0.05) is 19.0 Å². The van der Waals surface area contributed by atoms with Gasteiger partial charge in [-0.3, -0.25) is 9.59 Å². The Morgan fingerprint density at radius 3 is 2.97 bits per heavy atom. The summed E-state index contributed by atoms with van der Waals surface area (Å²) in [6.07, 6.45) is 2.74. The molecule has 0 radical (unpaired) electrons. The Bertz CT molecular complexity index is 994. The van der Waals surface area contributed by atoms with Gasteiger partial charge in [-0.15, -0.1) is 0 Å². The Hall–Kier alpha value is -2.48. The minimum atomic E-state index is -0.258. The topological polar surface area (TPSA) is 93.3 Å². The first-order valence-electron chi connectivity index (χ1n) is 10.6. The highest BCUT2D eigenvalue weighted by molar-refractivity contribution is 5.94. The SMILES string of the molecule is CC(C)c1noc([C@@H]2CCCN2C(=O)c2ccc3n(c2=O)C[C@@H]2CNC[C@H]3C2)n1. The number of rotatable bonds is 3. The van der Waals surface area contributed by atoms with Crippen LogP contribution in [0.5, 0.6) is 0 Å². The van der Waals surface area contributed by atoms with Crippen LogP contribution in [0.2, 0.25) is 0 Å². The first-order valence-corrected chi connectivity index (χ1v) is 10.6. The summed E-state index contributed by atoms with van der Waals surface area (Å²) >= 11 is 0. The van der Waals surface area contributed by atoms with E-state index in [0.29, 0.717) is 36.6 Å². The van der Waals surface area contributed by atoms with E-state index in [0.717, 1.165) is 38.0 Å². The van der Waals surface area contributed by atoms with Crippen molar-refractivity contribution >= 4 is 5.91 Å². The van der Waals surface area contributed by atoms with Crippen LogP contribution in [-0.4, -0.2) is 45.1 Å². The van der Waals surface area contributed by atoms with Gasteiger partial charge in [0.25, 0.3) is 11.5 Å². The number of pyridine rings is 1. The summed E-state index contributed by atoms with van der Waals surface area (Å²) in [7, 11) is 0. The minimum Gasteiger partial charge on any atom is -0.337 e. The third-order valence-corrected chi connectivity index (χ3v) is 6.51. The zero-order chi connectivity index (χ0) is 20.1. The Morgan fingerprint density at radius 1 is 1.31 bits per heavy atom. The molecule has 2 fully saturated rings. The van der Waals surface area contributed by atoms with Crippen LogP contribution in [0.1, 0.15) is 78.8 Å². The Labute approximate surface area is 169 Å². The number of likely N-dealkylation sites (tertiary alicyclic amines) is 1. The molecule has 0 unspecified atom stereocenters. The lowest BCUT2D eigenvalue weighted by Crippen LogP contribution is -2.46. The van der Waals surface area contributed by atoms with E-state index >= 15 is 0 Å². The van der Waals surface area contributed by atoms with Crippen molar-refractivity contribution in [2.24, 2.45) is 5.92 Å². The number of aromatic nitrogens is 3. The number of carbonyl (C=O) groups excluding carboxylic acids is 1. The van der Waals surface area contributed by atoms with Gasteiger partial charge in [0.1, 0.15) is 11.6 Å². The first-order chi connectivity index (χ1) is 14.0. The molecule has 3 aliphatic rings. The summed E-state index contributed by atoms with van der Waals surface area (Å²) in [5.41, 5.74) is 1.13. The molecule has 2 saturated heterocycles. The summed E-state index contributed by atoms with van der Waals surface area (Å²) < 4.78 is 7.29.